The molecule has 1 aromatic heterocycles. The Morgan fingerprint density at radius 3 is 2.77 bits per heavy atom. The maximum atomic E-state index is 10.9. The summed E-state index contributed by atoms with van der Waals surface area (Å²) >= 11 is 0. The smallest absolute Gasteiger partial charge is 0.329 e. The third-order valence-electron chi connectivity index (χ3n) is 2.06. The first kappa shape index (κ1) is 9.67. The third-order valence-corrected chi connectivity index (χ3v) is 2.06. The van der Waals surface area contributed by atoms with E-state index in [-0.39, 0.29) is 0 Å². The Kier molecular flexibility index (Phi) is 2.63. The zero-order chi connectivity index (χ0) is 9.90. The van der Waals surface area contributed by atoms with Gasteiger partial charge in [0.25, 0.3) is 0 Å². The predicted octanol–water partition coefficient (Wildman–Crippen LogP) is 0.730. The molecule has 0 spiro atoms. The molecule has 0 saturated heterocycles. The molecule has 0 aliphatic carbocycles. The molecule has 1 rings (SSSR count). The van der Waals surface area contributed by atoms with Gasteiger partial charge in [-0.2, -0.15) is 0 Å². The van der Waals surface area contributed by atoms with Crippen molar-refractivity contribution in [3.63, 3.8) is 0 Å². The van der Waals surface area contributed by atoms with Crippen LogP contribution >= 0.6 is 0 Å². The Morgan fingerprint density at radius 1 is 1.69 bits per heavy atom. The molecule has 0 fully saturated rings. The van der Waals surface area contributed by atoms with Gasteiger partial charge in [-0.15, -0.1) is 0 Å². The number of hydrogen-bond acceptors (Lipinski definition) is 3. The number of aromatic nitrogens is 1. The Bertz CT molecular complexity index is 300. The zero-order valence-electron chi connectivity index (χ0n) is 7.40. The highest BCUT2D eigenvalue weighted by molar-refractivity contribution is 5.79. The number of carboxylic acid groups (broad SMARTS) is 1. The maximum absolute atomic E-state index is 10.9. The van der Waals surface area contributed by atoms with E-state index in [0.717, 1.165) is 0 Å². The molecular weight excluding hydrogens is 168 g/mol. The highest BCUT2D eigenvalue weighted by Crippen LogP contribution is 2.19. The van der Waals surface area contributed by atoms with Gasteiger partial charge >= 0.3 is 5.97 Å². The lowest BCUT2D eigenvalue weighted by Crippen LogP contribution is -2.44. The fourth-order valence-electron chi connectivity index (χ4n) is 1.07. The Hall–Kier alpha value is -1.42. The fourth-order valence-corrected chi connectivity index (χ4v) is 1.07. The average molecular weight is 180 g/mol. The van der Waals surface area contributed by atoms with Gasteiger partial charge in [-0.25, -0.2) is 4.79 Å². The Morgan fingerprint density at radius 2 is 2.38 bits per heavy atom. The number of nitrogens with two attached hydrogens (primary N) is 1. The molecule has 1 unspecified atom stereocenters. The number of nitrogens with zero attached hydrogens (tertiary/aromatic N) is 1. The first-order valence-corrected chi connectivity index (χ1v) is 4.05. The van der Waals surface area contributed by atoms with E-state index in [0.29, 0.717) is 12.1 Å². The van der Waals surface area contributed by atoms with Gasteiger partial charge in [-0.3, -0.25) is 4.98 Å². The number of pyridine rings is 1. The number of hydrogen-bond donors (Lipinski definition) is 2. The molecule has 70 valence electrons. The van der Waals surface area contributed by atoms with Gasteiger partial charge in [-0.1, -0.05) is 13.0 Å². The van der Waals surface area contributed by atoms with Crippen molar-refractivity contribution in [3.05, 3.63) is 30.1 Å². The van der Waals surface area contributed by atoms with E-state index < -0.39 is 11.5 Å². The molecule has 1 atom stereocenters. The first-order valence-electron chi connectivity index (χ1n) is 4.05. The van der Waals surface area contributed by atoms with Gasteiger partial charge in [0, 0.05) is 6.20 Å². The lowest BCUT2D eigenvalue weighted by Gasteiger charge is -2.21. The van der Waals surface area contributed by atoms with Crippen LogP contribution in [-0.2, 0) is 10.3 Å². The van der Waals surface area contributed by atoms with E-state index in [1.807, 2.05) is 0 Å². The van der Waals surface area contributed by atoms with Crippen molar-refractivity contribution in [2.24, 2.45) is 5.73 Å². The van der Waals surface area contributed by atoms with Crippen LogP contribution in [0.1, 0.15) is 19.0 Å². The molecule has 0 aliphatic heterocycles. The van der Waals surface area contributed by atoms with Crippen LogP contribution in [0.25, 0.3) is 0 Å². The second-order valence-corrected chi connectivity index (χ2v) is 2.85. The molecule has 0 saturated carbocycles. The summed E-state index contributed by atoms with van der Waals surface area (Å²) in [6.45, 7) is 1.72. The van der Waals surface area contributed by atoms with Gasteiger partial charge < -0.3 is 10.8 Å². The minimum atomic E-state index is -1.36. The van der Waals surface area contributed by atoms with E-state index >= 15 is 0 Å². The number of rotatable bonds is 3. The molecule has 4 heteroatoms. The summed E-state index contributed by atoms with van der Waals surface area (Å²) in [5.41, 5.74) is 4.73. The second kappa shape index (κ2) is 3.53. The van der Waals surface area contributed by atoms with Crippen LogP contribution in [0.15, 0.2) is 24.4 Å². The number of carboxylic acids is 1. The standard InChI is InChI=1S/C9H12N2O2/c1-2-9(10,8(12)13)7-5-3-4-6-11-7/h3-6H,2,10H2,1H3,(H,12,13). The van der Waals surface area contributed by atoms with Gasteiger partial charge in [0.2, 0.25) is 0 Å². The van der Waals surface area contributed by atoms with Crippen LogP contribution in [0, 0.1) is 0 Å². The summed E-state index contributed by atoms with van der Waals surface area (Å²) < 4.78 is 0. The van der Waals surface area contributed by atoms with E-state index in [1.165, 1.54) is 6.20 Å². The van der Waals surface area contributed by atoms with E-state index in [2.05, 4.69) is 4.98 Å². The van der Waals surface area contributed by atoms with Crippen LogP contribution in [-0.4, -0.2) is 16.1 Å². The van der Waals surface area contributed by atoms with Gasteiger partial charge in [0.05, 0.1) is 5.69 Å². The largest absolute Gasteiger partial charge is 0.480 e. The summed E-state index contributed by atoms with van der Waals surface area (Å²) in [6, 6.07) is 5.07. The summed E-state index contributed by atoms with van der Waals surface area (Å²) in [5, 5.41) is 8.92. The quantitative estimate of drug-likeness (QED) is 0.719. The Labute approximate surface area is 76.4 Å². The van der Waals surface area contributed by atoms with Crippen molar-refractivity contribution in [1.29, 1.82) is 0 Å². The van der Waals surface area contributed by atoms with Crippen LogP contribution < -0.4 is 5.73 Å². The molecule has 0 aliphatic rings. The molecule has 0 amide bonds. The van der Waals surface area contributed by atoms with Crippen LogP contribution in [0.3, 0.4) is 0 Å². The average Bonchev–Trinajstić information content (AvgIpc) is 2.17. The predicted molar refractivity (Wildman–Crippen MR) is 48.0 cm³/mol. The van der Waals surface area contributed by atoms with E-state index in [9.17, 15) is 4.79 Å². The highest BCUT2D eigenvalue weighted by Gasteiger charge is 2.35. The number of aliphatic carboxylic acids is 1. The van der Waals surface area contributed by atoms with Crippen molar-refractivity contribution in [2.75, 3.05) is 0 Å². The van der Waals surface area contributed by atoms with Crippen molar-refractivity contribution >= 4 is 5.97 Å². The van der Waals surface area contributed by atoms with Gasteiger partial charge in [-0.05, 0) is 18.6 Å². The molecule has 3 N–H and O–H groups in total. The van der Waals surface area contributed by atoms with Crippen molar-refractivity contribution in [3.8, 4) is 0 Å². The summed E-state index contributed by atoms with van der Waals surface area (Å²) in [5.74, 6) is -1.05. The van der Waals surface area contributed by atoms with Crippen molar-refractivity contribution in [1.82, 2.24) is 4.98 Å². The van der Waals surface area contributed by atoms with E-state index in [4.69, 9.17) is 10.8 Å². The van der Waals surface area contributed by atoms with Crippen LogP contribution in [0.5, 0.6) is 0 Å². The lowest BCUT2D eigenvalue weighted by molar-refractivity contribution is -0.144. The normalized spacial score (nSPS) is 14.9. The molecule has 4 nitrogen and oxygen atoms in total. The van der Waals surface area contributed by atoms with Gasteiger partial charge in [0.15, 0.2) is 5.54 Å². The topological polar surface area (TPSA) is 76.2 Å². The lowest BCUT2D eigenvalue weighted by atomic mass is 9.93. The van der Waals surface area contributed by atoms with Crippen molar-refractivity contribution in [2.45, 2.75) is 18.9 Å². The SMILES string of the molecule is CCC(N)(C(=O)O)c1ccccn1. The molecule has 1 aromatic rings. The molecule has 0 aromatic carbocycles. The van der Waals surface area contributed by atoms with Gasteiger partial charge in [0.1, 0.15) is 0 Å². The van der Waals surface area contributed by atoms with Crippen molar-refractivity contribution < 1.29 is 9.90 Å². The molecular formula is C9H12N2O2. The second-order valence-electron chi connectivity index (χ2n) is 2.85. The molecule has 13 heavy (non-hydrogen) atoms. The first-order chi connectivity index (χ1) is 6.11. The highest BCUT2D eigenvalue weighted by atomic mass is 16.4. The minimum absolute atomic E-state index is 0.319. The number of carbonyl (C=O) groups is 1. The van der Waals surface area contributed by atoms with Crippen LogP contribution in [0.2, 0.25) is 0 Å². The van der Waals surface area contributed by atoms with Crippen LogP contribution in [0.4, 0.5) is 0 Å². The molecule has 0 radical (unpaired) electrons. The molecule has 1 heterocycles. The summed E-state index contributed by atoms with van der Waals surface area (Å²) in [4.78, 5) is 14.8. The third kappa shape index (κ3) is 1.67. The fraction of sp³-hybridized carbons (Fsp3) is 0.333. The Balaban J connectivity index is 3.11. The van der Waals surface area contributed by atoms with E-state index in [1.54, 1.807) is 25.1 Å². The maximum Gasteiger partial charge on any atom is 0.329 e. The summed E-state index contributed by atoms with van der Waals surface area (Å²) in [7, 11) is 0. The summed E-state index contributed by atoms with van der Waals surface area (Å²) in [6.07, 6.45) is 1.86. The minimum Gasteiger partial charge on any atom is -0.480 e. The molecule has 0 bridgehead atoms. The zero-order valence-corrected chi connectivity index (χ0v) is 7.40. The monoisotopic (exact) mass is 180 g/mol.